The molecule has 4 nitrogen and oxygen atoms in total. The fourth-order valence-corrected chi connectivity index (χ4v) is 3.66. The van der Waals surface area contributed by atoms with Crippen LogP contribution in [0.5, 0.6) is 0 Å². The highest BCUT2D eigenvalue weighted by Gasteiger charge is 2.17. The van der Waals surface area contributed by atoms with Gasteiger partial charge in [0.2, 0.25) is 5.89 Å². The molecule has 0 aliphatic carbocycles. The third kappa shape index (κ3) is 3.19. The molecule has 3 N–H and O–H groups in total. The molecule has 0 saturated heterocycles. The lowest BCUT2D eigenvalue weighted by Gasteiger charge is -1.94. The van der Waals surface area contributed by atoms with Crippen LogP contribution in [-0.4, -0.2) is 17.1 Å². The highest BCUT2D eigenvalue weighted by Crippen LogP contribution is 2.38. The normalized spacial score (nSPS) is 10.2. The molecular formula is C15H14ClN3OS2. The number of aromatic nitrogens is 1. The van der Waals surface area contributed by atoms with Gasteiger partial charge < -0.3 is 10.2 Å². The predicted molar refractivity (Wildman–Crippen MR) is 95.3 cm³/mol. The van der Waals surface area contributed by atoms with E-state index < -0.39 is 0 Å². The molecule has 114 valence electrons. The quantitative estimate of drug-likeness (QED) is 0.412. The molecule has 3 rings (SSSR count). The van der Waals surface area contributed by atoms with E-state index in [1.54, 1.807) is 18.0 Å². The first-order valence-electron chi connectivity index (χ1n) is 6.22. The zero-order valence-electron chi connectivity index (χ0n) is 11.7. The molecule has 0 aliphatic rings. The van der Waals surface area contributed by atoms with E-state index in [2.05, 4.69) is 4.98 Å². The number of nitrogens with two attached hydrogens (primary N) is 1. The van der Waals surface area contributed by atoms with Crippen LogP contribution >= 0.6 is 35.5 Å². The van der Waals surface area contributed by atoms with Gasteiger partial charge in [0.15, 0.2) is 0 Å². The van der Waals surface area contributed by atoms with Crippen LogP contribution in [-0.2, 0) is 0 Å². The minimum atomic E-state index is 0. The lowest BCUT2D eigenvalue weighted by Crippen LogP contribution is -2.08. The summed E-state index contributed by atoms with van der Waals surface area (Å²) >= 11 is 3.08. The molecule has 3 aromatic rings. The summed E-state index contributed by atoms with van der Waals surface area (Å²) in [6.45, 7) is 0. The van der Waals surface area contributed by atoms with Gasteiger partial charge in [0.05, 0.1) is 14.6 Å². The number of oxazole rings is 1. The van der Waals surface area contributed by atoms with Crippen molar-refractivity contribution in [2.24, 2.45) is 5.73 Å². The van der Waals surface area contributed by atoms with Crippen LogP contribution in [0, 0.1) is 5.41 Å². The van der Waals surface area contributed by atoms with Gasteiger partial charge in [0, 0.05) is 5.56 Å². The fraction of sp³-hybridized carbons (Fsp3) is 0.0667. The van der Waals surface area contributed by atoms with Crippen LogP contribution < -0.4 is 5.73 Å². The second-order valence-corrected chi connectivity index (χ2v) is 6.46. The second kappa shape index (κ2) is 7.00. The predicted octanol–water partition coefficient (Wildman–Crippen LogP) is 4.50. The Morgan fingerprint density at radius 3 is 2.68 bits per heavy atom. The van der Waals surface area contributed by atoms with Gasteiger partial charge in [-0.15, -0.1) is 35.5 Å². The van der Waals surface area contributed by atoms with E-state index in [9.17, 15) is 0 Å². The minimum absolute atomic E-state index is 0. The molecule has 0 amide bonds. The van der Waals surface area contributed by atoms with E-state index in [0.29, 0.717) is 5.89 Å². The lowest BCUT2D eigenvalue weighted by atomic mass is 10.2. The number of benzene rings is 1. The number of thioether (sulfide) groups is 1. The van der Waals surface area contributed by atoms with E-state index in [4.69, 9.17) is 15.6 Å². The molecule has 22 heavy (non-hydrogen) atoms. The summed E-state index contributed by atoms with van der Waals surface area (Å²) in [5, 5.41) is 7.55. The maximum atomic E-state index is 7.55. The number of nitrogen functional groups attached to an aromatic ring is 1. The number of hydrogen-bond acceptors (Lipinski definition) is 5. The highest BCUT2D eigenvalue weighted by atomic mass is 35.5. The molecule has 7 heteroatoms. The van der Waals surface area contributed by atoms with Gasteiger partial charge in [0.1, 0.15) is 17.8 Å². The third-order valence-electron chi connectivity index (χ3n) is 2.95. The Hall–Kier alpha value is -1.76. The Kier molecular flexibility index (Phi) is 5.28. The van der Waals surface area contributed by atoms with Crippen LogP contribution in [0.25, 0.3) is 22.7 Å². The molecule has 0 radical (unpaired) electrons. The molecule has 2 aromatic heterocycles. The first-order valence-corrected chi connectivity index (χ1v) is 8.26. The molecule has 0 saturated carbocycles. The molecule has 2 heterocycles. The summed E-state index contributed by atoms with van der Waals surface area (Å²) in [6, 6.07) is 11.7. The Balaban J connectivity index is 0.00000176. The molecule has 0 atom stereocenters. The van der Waals surface area contributed by atoms with E-state index in [1.807, 2.05) is 42.7 Å². The van der Waals surface area contributed by atoms with Crippen molar-refractivity contribution in [3.63, 3.8) is 0 Å². The van der Waals surface area contributed by atoms with Crippen molar-refractivity contribution in [1.82, 2.24) is 4.98 Å². The number of nitrogens with zero attached hydrogens (tertiary/aromatic N) is 1. The summed E-state index contributed by atoms with van der Waals surface area (Å²) in [5.41, 5.74) is 8.26. The van der Waals surface area contributed by atoms with Crippen LogP contribution in [0.4, 0.5) is 0 Å². The molecular weight excluding hydrogens is 338 g/mol. The van der Waals surface area contributed by atoms with Gasteiger partial charge >= 0.3 is 0 Å². The zero-order chi connectivity index (χ0) is 14.8. The van der Waals surface area contributed by atoms with Crippen molar-refractivity contribution in [3.8, 4) is 22.7 Å². The first kappa shape index (κ1) is 16.6. The smallest absolute Gasteiger partial charge is 0.228 e. The van der Waals surface area contributed by atoms with Crippen LogP contribution in [0.1, 0.15) is 4.88 Å². The Bertz CT molecular complexity index is 783. The molecule has 0 unspecified atom stereocenters. The van der Waals surface area contributed by atoms with Crippen LogP contribution in [0.3, 0.4) is 0 Å². The van der Waals surface area contributed by atoms with E-state index in [-0.39, 0.29) is 18.2 Å². The largest absolute Gasteiger partial charge is 0.444 e. The minimum Gasteiger partial charge on any atom is -0.444 e. The summed E-state index contributed by atoms with van der Waals surface area (Å²) in [5.74, 6) is 0.623. The van der Waals surface area contributed by atoms with Gasteiger partial charge in [-0.2, -0.15) is 0 Å². The molecule has 0 aliphatic heterocycles. The van der Waals surface area contributed by atoms with E-state index in [0.717, 1.165) is 25.9 Å². The fourth-order valence-electron chi connectivity index (χ4n) is 1.95. The topological polar surface area (TPSA) is 75.9 Å². The summed E-state index contributed by atoms with van der Waals surface area (Å²) in [6.07, 6.45) is 3.64. The Labute approximate surface area is 142 Å². The van der Waals surface area contributed by atoms with Crippen molar-refractivity contribution in [2.45, 2.75) is 4.21 Å². The molecule has 0 spiro atoms. The number of thiophene rings is 1. The van der Waals surface area contributed by atoms with Crippen molar-refractivity contribution in [1.29, 1.82) is 5.41 Å². The maximum Gasteiger partial charge on any atom is 0.228 e. The van der Waals surface area contributed by atoms with Crippen molar-refractivity contribution >= 4 is 41.3 Å². The standard InChI is InChI=1S/C15H13N3OS2.ClH/c1-20-15-10(7-12(21-15)13(16)17)14-18-11(8-19-14)9-5-3-2-4-6-9;/h2-8H,1H3,(H3,16,17);1H. The molecule has 0 fully saturated rings. The van der Waals surface area contributed by atoms with Gasteiger partial charge in [-0.3, -0.25) is 5.41 Å². The monoisotopic (exact) mass is 351 g/mol. The number of hydrogen-bond donors (Lipinski definition) is 2. The Morgan fingerprint density at radius 2 is 2.05 bits per heavy atom. The average Bonchev–Trinajstić information content (AvgIpc) is 3.14. The van der Waals surface area contributed by atoms with Gasteiger partial charge in [-0.25, -0.2) is 4.98 Å². The summed E-state index contributed by atoms with van der Waals surface area (Å²) in [7, 11) is 0. The maximum absolute atomic E-state index is 7.55. The van der Waals surface area contributed by atoms with Crippen molar-refractivity contribution in [3.05, 3.63) is 47.5 Å². The van der Waals surface area contributed by atoms with E-state index >= 15 is 0 Å². The number of amidine groups is 1. The molecule has 1 aromatic carbocycles. The summed E-state index contributed by atoms with van der Waals surface area (Å²) in [4.78, 5) is 5.28. The average molecular weight is 352 g/mol. The number of nitrogens with one attached hydrogen (secondary N) is 1. The number of rotatable bonds is 4. The third-order valence-corrected chi connectivity index (χ3v) is 5.26. The van der Waals surface area contributed by atoms with Crippen molar-refractivity contribution in [2.75, 3.05) is 6.26 Å². The first-order chi connectivity index (χ1) is 10.2. The van der Waals surface area contributed by atoms with Gasteiger partial charge in [0.25, 0.3) is 0 Å². The number of halogens is 1. The van der Waals surface area contributed by atoms with Crippen LogP contribution in [0.15, 0.2) is 51.3 Å². The molecule has 0 bridgehead atoms. The van der Waals surface area contributed by atoms with Crippen LogP contribution in [0.2, 0.25) is 0 Å². The SMILES string of the molecule is CSc1sc(C(=N)N)cc1-c1nc(-c2ccccc2)co1.Cl. The summed E-state index contributed by atoms with van der Waals surface area (Å²) < 4.78 is 6.65. The lowest BCUT2D eigenvalue weighted by molar-refractivity contribution is 0.574. The second-order valence-electron chi connectivity index (χ2n) is 4.33. The van der Waals surface area contributed by atoms with E-state index in [1.165, 1.54) is 11.3 Å². The zero-order valence-corrected chi connectivity index (χ0v) is 14.1. The van der Waals surface area contributed by atoms with Crippen molar-refractivity contribution < 1.29 is 4.42 Å². The highest BCUT2D eigenvalue weighted by molar-refractivity contribution is 8.00. The Morgan fingerprint density at radius 1 is 1.32 bits per heavy atom. The van der Waals surface area contributed by atoms with Gasteiger partial charge in [-0.05, 0) is 12.3 Å². The van der Waals surface area contributed by atoms with Gasteiger partial charge in [-0.1, -0.05) is 30.3 Å².